The number of nitrogens with zero attached hydrogens (tertiary/aromatic N) is 2. The van der Waals surface area contributed by atoms with Gasteiger partial charge in [0.2, 0.25) is 11.8 Å². The van der Waals surface area contributed by atoms with Crippen molar-refractivity contribution in [3.8, 4) is 0 Å². The lowest BCUT2D eigenvalue weighted by atomic mass is 9.94. The topological polar surface area (TPSA) is 88.3 Å². The van der Waals surface area contributed by atoms with Crippen LogP contribution in [0.4, 0.5) is 5.82 Å². The van der Waals surface area contributed by atoms with Crippen molar-refractivity contribution < 1.29 is 9.59 Å². The van der Waals surface area contributed by atoms with Crippen molar-refractivity contribution in [2.75, 3.05) is 18.4 Å². The number of pyridine rings is 1. The molecule has 0 aliphatic carbocycles. The smallest absolute Gasteiger partial charge is 0.242 e. The predicted molar refractivity (Wildman–Crippen MR) is 88.1 cm³/mol. The van der Waals surface area contributed by atoms with E-state index < -0.39 is 5.54 Å². The van der Waals surface area contributed by atoms with Crippen LogP contribution in [-0.2, 0) is 9.59 Å². The van der Waals surface area contributed by atoms with E-state index in [1.165, 1.54) is 0 Å². The molecule has 1 fully saturated rings. The van der Waals surface area contributed by atoms with Crippen LogP contribution < -0.4 is 11.1 Å². The number of carbonyl (C=O) groups is 2. The first-order chi connectivity index (χ1) is 10.3. The Balaban J connectivity index is 1.87. The molecule has 2 amide bonds. The summed E-state index contributed by atoms with van der Waals surface area (Å²) in [7, 11) is 0. The van der Waals surface area contributed by atoms with E-state index in [0.29, 0.717) is 31.7 Å². The summed E-state index contributed by atoms with van der Waals surface area (Å²) in [4.78, 5) is 30.2. The number of likely N-dealkylation sites (tertiary alicyclic amines) is 1. The number of aromatic nitrogens is 1. The van der Waals surface area contributed by atoms with Gasteiger partial charge in [-0.15, -0.1) is 0 Å². The maximum absolute atomic E-state index is 12.2. The minimum Gasteiger partial charge on any atom is -0.341 e. The second kappa shape index (κ2) is 6.75. The first kappa shape index (κ1) is 16.9. The first-order valence-corrected chi connectivity index (χ1v) is 8.07. The van der Waals surface area contributed by atoms with Gasteiger partial charge in [0.15, 0.2) is 0 Å². The van der Waals surface area contributed by atoms with Gasteiger partial charge in [-0.05, 0) is 54.8 Å². The molecule has 2 heterocycles. The third kappa shape index (κ3) is 4.27. The van der Waals surface area contributed by atoms with Gasteiger partial charge in [0, 0.05) is 29.7 Å². The molecule has 1 aliphatic heterocycles. The summed E-state index contributed by atoms with van der Waals surface area (Å²) in [6, 6.07) is 3.57. The van der Waals surface area contributed by atoms with Crippen LogP contribution in [0.15, 0.2) is 22.8 Å². The normalized spacial score (nSPS) is 16.5. The van der Waals surface area contributed by atoms with Gasteiger partial charge in [0.05, 0.1) is 5.54 Å². The highest BCUT2D eigenvalue weighted by atomic mass is 79.9. The molecule has 0 aromatic carbocycles. The van der Waals surface area contributed by atoms with E-state index in [4.69, 9.17) is 5.73 Å². The number of anilines is 1. The maximum Gasteiger partial charge on any atom is 0.242 e. The molecule has 0 spiro atoms. The summed E-state index contributed by atoms with van der Waals surface area (Å²) in [6.07, 6.45) is 2.93. The first-order valence-electron chi connectivity index (χ1n) is 7.28. The number of nitrogens with one attached hydrogen (secondary N) is 1. The number of rotatable bonds is 3. The minimum atomic E-state index is -0.865. The molecule has 0 unspecified atom stereocenters. The van der Waals surface area contributed by atoms with Gasteiger partial charge < -0.3 is 16.0 Å². The zero-order valence-corrected chi connectivity index (χ0v) is 14.4. The summed E-state index contributed by atoms with van der Waals surface area (Å²) < 4.78 is 0.863. The van der Waals surface area contributed by atoms with Crippen LogP contribution in [0.5, 0.6) is 0 Å². The fourth-order valence-corrected chi connectivity index (χ4v) is 2.66. The van der Waals surface area contributed by atoms with Crippen molar-refractivity contribution in [2.24, 2.45) is 11.7 Å². The zero-order valence-electron chi connectivity index (χ0n) is 12.8. The highest BCUT2D eigenvalue weighted by Crippen LogP contribution is 2.21. The average molecular weight is 369 g/mol. The Morgan fingerprint density at radius 1 is 1.36 bits per heavy atom. The molecule has 1 aliphatic rings. The van der Waals surface area contributed by atoms with Crippen molar-refractivity contribution >= 4 is 33.6 Å². The monoisotopic (exact) mass is 368 g/mol. The lowest BCUT2D eigenvalue weighted by Crippen LogP contribution is -2.53. The summed E-state index contributed by atoms with van der Waals surface area (Å²) >= 11 is 3.30. The Morgan fingerprint density at radius 3 is 2.50 bits per heavy atom. The number of nitrogens with two attached hydrogens (primary N) is 1. The van der Waals surface area contributed by atoms with E-state index in [9.17, 15) is 9.59 Å². The zero-order chi connectivity index (χ0) is 16.3. The molecule has 7 heteroatoms. The molecule has 0 atom stereocenters. The molecule has 0 bridgehead atoms. The van der Waals surface area contributed by atoms with E-state index >= 15 is 0 Å². The van der Waals surface area contributed by atoms with Crippen LogP contribution in [0.25, 0.3) is 0 Å². The molecule has 3 N–H and O–H groups in total. The molecule has 120 valence electrons. The highest BCUT2D eigenvalue weighted by molar-refractivity contribution is 9.10. The van der Waals surface area contributed by atoms with E-state index in [-0.39, 0.29) is 17.7 Å². The number of hydrogen-bond donors (Lipinski definition) is 2. The van der Waals surface area contributed by atoms with Crippen molar-refractivity contribution in [1.29, 1.82) is 0 Å². The molecule has 1 aromatic rings. The lowest BCUT2D eigenvalue weighted by Gasteiger charge is -2.35. The molecule has 1 saturated heterocycles. The van der Waals surface area contributed by atoms with Gasteiger partial charge in [0.1, 0.15) is 5.82 Å². The molecular formula is C15H21BrN4O2. The summed E-state index contributed by atoms with van der Waals surface area (Å²) in [6.45, 7) is 4.53. The van der Waals surface area contributed by atoms with E-state index in [1.54, 1.807) is 31.0 Å². The van der Waals surface area contributed by atoms with Crippen LogP contribution in [-0.4, -0.2) is 40.3 Å². The summed E-state index contributed by atoms with van der Waals surface area (Å²) in [5, 5.41) is 2.81. The fraction of sp³-hybridized carbons (Fsp3) is 0.533. The van der Waals surface area contributed by atoms with Crippen molar-refractivity contribution in [2.45, 2.75) is 32.2 Å². The molecule has 0 radical (unpaired) electrons. The van der Waals surface area contributed by atoms with Gasteiger partial charge in [-0.25, -0.2) is 4.98 Å². The van der Waals surface area contributed by atoms with Crippen LogP contribution in [0, 0.1) is 5.92 Å². The number of carbonyl (C=O) groups excluding carboxylic acids is 2. The second-order valence-electron chi connectivity index (χ2n) is 6.14. The average Bonchev–Trinajstić information content (AvgIpc) is 2.48. The van der Waals surface area contributed by atoms with Crippen LogP contribution in [0.1, 0.15) is 26.7 Å². The second-order valence-corrected chi connectivity index (χ2v) is 7.05. The third-order valence-corrected chi connectivity index (χ3v) is 4.15. The lowest BCUT2D eigenvalue weighted by molar-refractivity contribution is -0.138. The molecule has 22 heavy (non-hydrogen) atoms. The van der Waals surface area contributed by atoms with E-state index in [0.717, 1.165) is 4.47 Å². The standard InChI is InChI=1S/C15H21BrN4O2/c1-15(2,17)14(22)20-7-5-10(6-8-20)13(21)19-12-4-3-11(16)9-18-12/h3-4,9-10H,5-8,17H2,1-2H3,(H,18,19,21). The van der Waals surface area contributed by atoms with Gasteiger partial charge in [-0.2, -0.15) is 0 Å². The minimum absolute atomic E-state index is 0.0473. The molecule has 6 nitrogen and oxygen atoms in total. The molecule has 2 rings (SSSR count). The highest BCUT2D eigenvalue weighted by Gasteiger charge is 2.32. The van der Waals surface area contributed by atoms with Crippen molar-refractivity contribution in [3.63, 3.8) is 0 Å². The van der Waals surface area contributed by atoms with Crippen LogP contribution in [0.3, 0.4) is 0 Å². The largest absolute Gasteiger partial charge is 0.341 e. The Morgan fingerprint density at radius 2 is 2.00 bits per heavy atom. The molecular weight excluding hydrogens is 348 g/mol. The maximum atomic E-state index is 12.2. The molecule has 0 saturated carbocycles. The van der Waals surface area contributed by atoms with Crippen molar-refractivity contribution in [3.05, 3.63) is 22.8 Å². The Hall–Kier alpha value is -1.47. The van der Waals surface area contributed by atoms with Crippen LogP contribution >= 0.6 is 15.9 Å². The summed E-state index contributed by atoms with van der Waals surface area (Å²) in [5.74, 6) is 0.319. The predicted octanol–water partition coefficient (Wildman–Crippen LogP) is 1.76. The molecule has 1 aromatic heterocycles. The SMILES string of the molecule is CC(C)(N)C(=O)N1CCC(C(=O)Nc2ccc(Br)cn2)CC1. The van der Waals surface area contributed by atoms with E-state index in [2.05, 4.69) is 26.2 Å². The van der Waals surface area contributed by atoms with Crippen molar-refractivity contribution in [1.82, 2.24) is 9.88 Å². The quantitative estimate of drug-likeness (QED) is 0.850. The Kier molecular flexibility index (Phi) is 5.18. The number of hydrogen-bond acceptors (Lipinski definition) is 4. The van der Waals surface area contributed by atoms with E-state index in [1.807, 2.05) is 6.07 Å². The third-order valence-electron chi connectivity index (χ3n) is 3.68. The van der Waals surface area contributed by atoms with Gasteiger partial charge in [0.25, 0.3) is 0 Å². The van der Waals surface area contributed by atoms with Crippen LogP contribution in [0.2, 0.25) is 0 Å². The number of piperidine rings is 1. The Labute approximate surface area is 138 Å². The number of amides is 2. The fourth-order valence-electron chi connectivity index (χ4n) is 2.43. The van der Waals surface area contributed by atoms with Gasteiger partial charge in [-0.3, -0.25) is 9.59 Å². The van der Waals surface area contributed by atoms with Gasteiger partial charge >= 0.3 is 0 Å². The number of halogens is 1. The van der Waals surface area contributed by atoms with Gasteiger partial charge in [-0.1, -0.05) is 0 Å². The summed E-state index contributed by atoms with van der Waals surface area (Å²) in [5.41, 5.74) is 4.97. The Bertz CT molecular complexity index is 546.